The molecule has 1 rings (SSSR count). The van der Waals surface area contributed by atoms with Gasteiger partial charge in [0.2, 0.25) is 0 Å². The van der Waals surface area contributed by atoms with E-state index in [2.05, 4.69) is 39.0 Å². The van der Waals surface area contributed by atoms with Crippen molar-refractivity contribution in [3.8, 4) is 0 Å². The average Bonchev–Trinajstić information content (AvgIpc) is 2.28. The molecule has 0 aliphatic rings. The van der Waals surface area contributed by atoms with Crippen LogP contribution >= 0.6 is 0 Å². The summed E-state index contributed by atoms with van der Waals surface area (Å²) < 4.78 is 0. The lowest BCUT2D eigenvalue weighted by Gasteiger charge is -2.13. The van der Waals surface area contributed by atoms with Gasteiger partial charge in [-0.15, -0.1) is 0 Å². The van der Waals surface area contributed by atoms with Gasteiger partial charge >= 0.3 is 0 Å². The molecule has 1 nitrogen and oxygen atoms in total. The number of rotatable bonds is 7. The van der Waals surface area contributed by atoms with E-state index in [0.717, 1.165) is 24.8 Å². The third-order valence-electron chi connectivity index (χ3n) is 3.06. The van der Waals surface area contributed by atoms with Gasteiger partial charge in [0.1, 0.15) is 0 Å². The fraction of sp³-hybridized carbons (Fsp3) is 0.625. The number of aliphatic hydroxyl groups excluding tert-OH is 1. The maximum Gasteiger partial charge on any atom is 0.0790 e. The van der Waals surface area contributed by atoms with Crippen LogP contribution in [0.5, 0.6) is 0 Å². The molecule has 1 N–H and O–H groups in total. The lowest BCUT2D eigenvalue weighted by atomic mass is 9.97. The molecule has 0 spiro atoms. The Kier molecular flexibility index (Phi) is 6.28. The molecule has 1 aromatic carbocycles. The highest BCUT2D eigenvalue weighted by molar-refractivity contribution is 5.25. The third-order valence-corrected chi connectivity index (χ3v) is 3.06. The Balaban J connectivity index is 2.57. The third kappa shape index (κ3) is 5.36. The van der Waals surface area contributed by atoms with Crippen LogP contribution in [0.2, 0.25) is 0 Å². The summed E-state index contributed by atoms with van der Waals surface area (Å²) in [4.78, 5) is 0. The van der Waals surface area contributed by atoms with Crippen molar-refractivity contribution in [1.82, 2.24) is 0 Å². The highest BCUT2D eigenvalue weighted by atomic mass is 16.3. The molecular weight excluding hydrogens is 208 g/mol. The van der Waals surface area contributed by atoms with Crippen LogP contribution in [0.4, 0.5) is 0 Å². The Labute approximate surface area is 106 Å². The second-order valence-electron chi connectivity index (χ2n) is 5.35. The number of benzene rings is 1. The molecule has 0 aliphatic heterocycles. The van der Waals surface area contributed by atoms with E-state index >= 15 is 0 Å². The van der Waals surface area contributed by atoms with E-state index < -0.39 is 0 Å². The molecule has 17 heavy (non-hydrogen) atoms. The zero-order chi connectivity index (χ0) is 12.7. The van der Waals surface area contributed by atoms with Gasteiger partial charge < -0.3 is 5.11 Å². The van der Waals surface area contributed by atoms with Gasteiger partial charge in [-0.25, -0.2) is 0 Å². The molecule has 96 valence electrons. The zero-order valence-electron chi connectivity index (χ0n) is 11.4. The minimum atomic E-state index is -0.284. The van der Waals surface area contributed by atoms with Crippen molar-refractivity contribution in [2.75, 3.05) is 0 Å². The SMILES string of the molecule is CCCCCC(O)c1cccc(CC(C)C)c1. The summed E-state index contributed by atoms with van der Waals surface area (Å²) in [5.74, 6) is 0.669. The van der Waals surface area contributed by atoms with Crippen molar-refractivity contribution in [3.63, 3.8) is 0 Å². The van der Waals surface area contributed by atoms with Crippen LogP contribution in [0.25, 0.3) is 0 Å². The highest BCUT2D eigenvalue weighted by Crippen LogP contribution is 2.21. The predicted octanol–water partition coefficient (Wildman–Crippen LogP) is 4.50. The first-order chi connectivity index (χ1) is 8.13. The van der Waals surface area contributed by atoms with E-state index in [4.69, 9.17) is 0 Å². The molecule has 0 saturated heterocycles. The summed E-state index contributed by atoms with van der Waals surface area (Å²) in [5, 5.41) is 10.1. The van der Waals surface area contributed by atoms with Crippen molar-refractivity contribution in [1.29, 1.82) is 0 Å². The largest absolute Gasteiger partial charge is 0.388 e. The molecular formula is C16H26O. The maximum atomic E-state index is 10.1. The molecule has 0 amide bonds. The number of hydrogen-bond donors (Lipinski definition) is 1. The van der Waals surface area contributed by atoms with Crippen molar-refractivity contribution >= 4 is 0 Å². The van der Waals surface area contributed by atoms with E-state index in [-0.39, 0.29) is 6.10 Å². The molecule has 0 aliphatic carbocycles. The summed E-state index contributed by atoms with van der Waals surface area (Å²) in [7, 11) is 0. The minimum absolute atomic E-state index is 0.284. The fourth-order valence-electron chi connectivity index (χ4n) is 2.15. The lowest BCUT2D eigenvalue weighted by molar-refractivity contribution is 0.163. The lowest BCUT2D eigenvalue weighted by Crippen LogP contribution is -2.00. The summed E-state index contributed by atoms with van der Waals surface area (Å²) in [5.41, 5.74) is 2.42. The topological polar surface area (TPSA) is 20.2 Å². The second-order valence-corrected chi connectivity index (χ2v) is 5.35. The van der Waals surface area contributed by atoms with Gasteiger partial charge in [-0.05, 0) is 29.9 Å². The normalized spacial score (nSPS) is 13.0. The van der Waals surface area contributed by atoms with Crippen LogP contribution in [-0.2, 0) is 6.42 Å². The second kappa shape index (κ2) is 7.50. The average molecular weight is 234 g/mol. The monoisotopic (exact) mass is 234 g/mol. The molecule has 0 heterocycles. The van der Waals surface area contributed by atoms with Crippen LogP contribution in [0.1, 0.15) is 63.7 Å². The van der Waals surface area contributed by atoms with Crippen LogP contribution in [0, 0.1) is 5.92 Å². The summed E-state index contributed by atoms with van der Waals surface area (Å²) in [6.45, 7) is 6.64. The molecule has 1 heteroatoms. The van der Waals surface area contributed by atoms with Crippen molar-refractivity contribution in [3.05, 3.63) is 35.4 Å². The van der Waals surface area contributed by atoms with Crippen molar-refractivity contribution < 1.29 is 5.11 Å². The Bertz CT molecular complexity index is 317. The van der Waals surface area contributed by atoms with Gasteiger partial charge in [-0.2, -0.15) is 0 Å². The molecule has 1 aromatic rings. The van der Waals surface area contributed by atoms with E-state index in [1.807, 2.05) is 6.07 Å². The van der Waals surface area contributed by atoms with Crippen LogP contribution in [0.15, 0.2) is 24.3 Å². The van der Waals surface area contributed by atoms with E-state index in [1.54, 1.807) is 0 Å². The molecule has 0 saturated carbocycles. The smallest absolute Gasteiger partial charge is 0.0790 e. The molecule has 0 bridgehead atoms. The summed E-state index contributed by atoms with van der Waals surface area (Å²) in [6.07, 6.45) is 5.23. The molecule has 0 fully saturated rings. The predicted molar refractivity (Wildman–Crippen MR) is 74.1 cm³/mol. The van der Waals surface area contributed by atoms with Crippen molar-refractivity contribution in [2.24, 2.45) is 5.92 Å². The first-order valence-electron chi connectivity index (χ1n) is 6.90. The van der Waals surface area contributed by atoms with Gasteiger partial charge in [-0.3, -0.25) is 0 Å². The Morgan fingerprint density at radius 1 is 1.18 bits per heavy atom. The molecule has 1 unspecified atom stereocenters. The number of unbranched alkanes of at least 4 members (excludes halogenated alkanes) is 2. The first kappa shape index (κ1) is 14.2. The molecule has 0 radical (unpaired) electrons. The Hall–Kier alpha value is -0.820. The quantitative estimate of drug-likeness (QED) is 0.689. The van der Waals surface area contributed by atoms with Gasteiger partial charge in [0.05, 0.1) is 6.10 Å². The Morgan fingerprint density at radius 2 is 1.94 bits per heavy atom. The fourth-order valence-corrected chi connectivity index (χ4v) is 2.15. The van der Waals surface area contributed by atoms with Crippen LogP contribution in [-0.4, -0.2) is 5.11 Å². The standard InChI is InChI=1S/C16H26O/c1-4-5-6-10-16(17)15-9-7-8-14(12-15)11-13(2)3/h7-9,12-13,16-17H,4-6,10-11H2,1-3H3. The van der Waals surface area contributed by atoms with Crippen LogP contribution in [0.3, 0.4) is 0 Å². The van der Waals surface area contributed by atoms with Crippen molar-refractivity contribution in [2.45, 2.75) is 59.0 Å². The Morgan fingerprint density at radius 3 is 2.59 bits per heavy atom. The summed E-state index contributed by atoms with van der Waals surface area (Å²) >= 11 is 0. The van der Waals surface area contributed by atoms with Gasteiger partial charge in [0.25, 0.3) is 0 Å². The van der Waals surface area contributed by atoms with E-state index in [1.165, 1.54) is 18.4 Å². The highest BCUT2D eigenvalue weighted by Gasteiger charge is 2.08. The molecule has 0 aromatic heterocycles. The van der Waals surface area contributed by atoms with Gasteiger partial charge in [0, 0.05) is 0 Å². The maximum absolute atomic E-state index is 10.1. The number of hydrogen-bond acceptors (Lipinski definition) is 1. The van der Waals surface area contributed by atoms with Gasteiger partial charge in [-0.1, -0.05) is 64.3 Å². The van der Waals surface area contributed by atoms with E-state index in [9.17, 15) is 5.11 Å². The van der Waals surface area contributed by atoms with Gasteiger partial charge in [0.15, 0.2) is 0 Å². The number of aliphatic hydroxyl groups is 1. The zero-order valence-corrected chi connectivity index (χ0v) is 11.4. The van der Waals surface area contributed by atoms with Crippen LogP contribution < -0.4 is 0 Å². The van der Waals surface area contributed by atoms with E-state index in [0.29, 0.717) is 5.92 Å². The minimum Gasteiger partial charge on any atom is -0.388 e. The first-order valence-corrected chi connectivity index (χ1v) is 6.90. The summed E-state index contributed by atoms with van der Waals surface area (Å²) in [6, 6.07) is 8.43. The molecule has 1 atom stereocenters.